The van der Waals surface area contributed by atoms with Gasteiger partial charge in [-0.2, -0.15) is 0 Å². The van der Waals surface area contributed by atoms with Crippen molar-refractivity contribution in [2.45, 2.75) is 46.8 Å². The topological polar surface area (TPSA) is 66.0 Å². The van der Waals surface area contributed by atoms with Crippen molar-refractivity contribution in [1.82, 2.24) is 13.7 Å². The lowest BCUT2D eigenvalue weighted by molar-refractivity contribution is 0.463. The third-order valence-corrected chi connectivity index (χ3v) is 2.58. The van der Waals surface area contributed by atoms with E-state index in [2.05, 4.69) is 6.58 Å². The SMILES string of the molecule is C=C(C)Cn1c(=O)n(CC)c(=O)n(CCC)c1=O. The average Bonchev–Trinajstić information content (AvgIpc) is 2.31. The molecule has 1 aromatic rings. The van der Waals surface area contributed by atoms with Gasteiger partial charge in [0.15, 0.2) is 0 Å². The highest BCUT2D eigenvalue weighted by atomic mass is 16.2. The largest absolute Gasteiger partial charge is 0.336 e. The fraction of sp³-hybridized carbons (Fsp3) is 0.583. The number of aromatic nitrogens is 3. The third-order valence-electron chi connectivity index (χ3n) is 2.58. The van der Waals surface area contributed by atoms with E-state index in [0.29, 0.717) is 18.5 Å². The molecule has 0 bridgehead atoms. The number of hydrogen-bond acceptors (Lipinski definition) is 3. The molecule has 0 N–H and O–H groups in total. The second kappa shape index (κ2) is 5.66. The van der Waals surface area contributed by atoms with Gasteiger partial charge in [0.05, 0.1) is 6.54 Å². The van der Waals surface area contributed by atoms with Crippen LogP contribution in [-0.4, -0.2) is 13.7 Å². The van der Waals surface area contributed by atoms with Gasteiger partial charge in [-0.25, -0.2) is 28.1 Å². The summed E-state index contributed by atoms with van der Waals surface area (Å²) >= 11 is 0. The Labute approximate surface area is 105 Å². The predicted octanol–water partition coefficient (Wildman–Crippen LogP) is 0.178. The lowest BCUT2D eigenvalue weighted by Gasteiger charge is -2.12. The number of allylic oxidation sites excluding steroid dienone is 1. The van der Waals surface area contributed by atoms with Crippen LogP contribution in [0.2, 0.25) is 0 Å². The summed E-state index contributed by atoms with van der Waals surface area (Å²) in [6, 6.07) is 0. The zero-order valence-corrected chi connectivity index (χ0v) is 11.1. The third kappa shape index (κ3) is 2.52. The summed E-state index contributed by atoms with van der Waals surface area (Å²) in [5.41, 5.74) is -0.965. The minimum Gasteiger partial charge on any atom is -0.247 e. The average molecular weight is 253 g/mol. The highest BCUT2D eigenvalue weighted by Crippen LogP contribution is 1.88. The first-order valence-electron chi connectivity index (χ1n) is 6.02. The summed E-state index contributed by atoms with van der Waals surface area (Å²) in [4.78, 5) is 36.0. The zero-order valence-electron chi connectivity index (χ0n) is 11.1. The molecule has 0 aliphatic rings. The second-order valence-corrected chi connectivity index (χ2v) is 4.29. The number of hydrogen-bond donors (Lipinski definition) is 0. The molecule has 1 heterocycles. The Hall–Kier alpha value is -1.85. The highest BCUT2D eigenvalue weighted by Gasteiger charge is 2.13. The molecule has 0 saturated heterocycles. The van der Waals surface area contributed by atoms with Crippen LogP contribution in [0.1, 0.15) is 27.2 Å². The highest BCUT2D eigenvalue weighted by molar-refractivity contribution is 4.91. The first-order valence-corrected chi connectivity index (χ1v) is 6.02. The van der Waals surface area contributed by atoms with Gasteiger partial charge < -0.3 is 0 Å². The molecule has 100 valence electrons. The molecule has 6 nitrogen and oxygen atoms in total. The van der Waals surface area contributed by atoms with E-state index in [1.807, 2.05) is 6.92 Å². The Morgan fingerprint density at radius 3 is 1.94 bits per heavy atom. The van der Waals surface area contributed by atoms with Crippen molar-refractivity contribution in [3.05, 3.63) is 43.6 Å². The van der Waals surface area contributed by atoms with Gasteiger partial charge >= 0.3 is 17.1 Å². The molecule has 18 heavy (non-hydrogen) atoms. The van der Waals surface area contributed by atoms with Crippen LogP contribution in [-0.2, 0) is 19.6 Å². The molecule has 1 rings (SSSR count). The molecule has 0 aromatic carbocycles. The van der Waals surface area contributed by atoms with Crippen LogP contribution in [0, 0.1) is 0 Å². The smallest absolute Gasteiger partial charge is 0.247 e. The van der Waals surface area contributed by atoms with Crippen molar-refractivity contribution in [3.8, 4) is 0 Å². The van der Waals surface area contributed by atoms with Crippen LogP contribution >= 0.6 is 0 Å². The Balaban J connectivity index is 3.67. The number of rotatable bonds is 5. The van der Waals surface area contributed by atoms with Crippen LogP contribution in [0.5, 0.6) is 0 Å². The molecule has 0 fully saturated rings. The van der Waals surface area contributed by atoms with E-state index in [9.17, 15) is 14.4 Å². The summed E-state index contributed by atoms with van der Waals surface area (Å²) < 4.78 is 3.23. The molecule has 0 radical (unpaired) electrons. The molecule has 0 aliphatic carbocycles. The van der Waals surface area contributed by atoms with Crippen LogP contribution in [0.3, 0.4) is 0 Å². The van der Waals surface area contributed by atoms with E-state index in [1.165, 1.54) is 0 Å². The molecule has 0 atom stereocenters. The lowest BCUT2D eigenvalue weighted by atomic mass is 10.3. The standard InChI is InChI=1S/C12H19N3O3/c1-5-7-14-10(16)13(6-2)11(17)15(12(14)18)8-9(3)4/h3,5-8H2,1-2,4H3. The van der Waals surface area contributed by atoms with Gasteiger partial charge in [-0.15, -0.1) is 0 Å². The molecule has 0 spiro atoms. The van der Waals surface area contributed by atoms with Crippen molar-refractivity contribution < 1.29 is 0 Å². The summed E-state index contributed by atoms with van der Waals surface area (Å²) in [6.45, 7) is 9.70. The van der Waals surface area contributed by atoms with Crippen LogP contribution in [0.15, 0.2) is 26.5 Å². The molecule has 0 amide bonds. The van der Waals surface area contributed by atoms with Crippen molar-refractivity contribution in [2.24, 2.45) is 0 Å². The zero-order chi connectivity index (χ0) is 13.9. The summed E-state index contributed by atoms with van der Waals surface area (Å²) in [6.07, 6.45) is 0.657. The molecular weight excluding hydrogens is 234 g/mol. The maximum Gasteiger partial charge on any atom is 0.336 e. The van der Waals surface area contributed by atoms with Crippen LogP contribution < -0.4 is 17.1 Å². The van der Waals surface area contributed by atoms with E-state index in [1.54, 1.807) is 13.8 Å². The molecule has 6 heteroatoms. The van der Waals surface area contributed by atoms with Crippen molar-refractivity contribution >= 4 is 0 Å². The number of nitrogens with zero attached hydrogens (tertiary/aromatic N) is 3. The van der Waals surface area contributed by atoms with Crippen LogP contribution in [0.4, 0.5) is 0 Å². The van der Waals surface area contributed by atoms with Gasteiger partial charge in [0.25, 0.3) is 0 Å². The lowest BCUT2D eigenvalue weighted by Crippen LogP contribution is -2.54. The quantitative estimate of drug-likeness (QED) is 0.703. The van der Waals surface area contributed by atoms with E-state index in [0.717, 1.165) is 13.7 Å². The fourth-order valence-corrected chi connectivity index (χ4v) is 1.77. The molecule has 0 saturated carbocycles. The monoisotopic (exact) mass is 253 g/mol. The van der Waals surface area contributed by atoms with Crippen molar-refractivity contribution in [1.29, 1.82) is 0 Å². The summed E-state index contributed by atoms with van der Waals surface area (Å²) in [7, 11) is 0. The minimum absolute atomic E-state index is 0.141. The first kappa shape index (κ1) is 14.2. The van der Waals surface area contributed by atoms with E-state index >= 15 is 0 Å². The van der Waals surface area contributed by atoms with Gasteiger partial charge in [0, 0.05) is 13.1 Å². The van der Waals surface area contributed by atoms with Gasteiger partial charge in [0.1, 0.15) is 0 Å². The maximum atomic E-state index is 12.1. The Bertz CT molecular complexity index is 619. The normalized spacial score (nSPS) is 10.6. The second-order valence-electron chi connectivity index (χ2n) is 4.29. The Kier molecular flexibility index (Phi) is 4.47. The maximum absolute atomic E-state index is 12.1. The Morgan fingerprint density at radius 2 is 1.50 bits per heavy atom. The van der Waals surface area contributed by atoms with Crippen molar-refractivity contribution in [3.63, 3.8) is 0 Å². The molecule has 1 aromatic heterocycles. The van der Waals surface area contributed by atoms with Crippen molar-refractivity contribution in [2.75, 3.05) is 0 Å². The van der Waals surface area contributed by atoms with Gasteiger partial charge in [-0.05, 0) is 20.3 Å². The molecular formula is C12H19N3O3. The summed E-state index contributed by atoms with van der Waals surface area (Å²) in [5.74, 6) is 0. The predicted molar refractivity (Wildman–Crippen MR) is 70.0 cm³/mol. The Morgan fingerprint density at radius 1 is 1.00 bits per heavy atom. The van der Waals surface area contributed by atoms with E-state index < -0.39 is 17.1 Å². The summed E-state index contributed by atoms with van der Waals surface area (Å²) in [5, 5.41) is 0. The van der Waals surface area contributed by atoms with E-state index in [-0.39, 0.29) is 13.1 Å². The van der Waals surface area contributed by atoms with Gasteiger partial charge in [-0.1, -0.05) is 19.1 Å². The van der Waals surface area contributed by atoms with Crippen LogP contribution in [0.25, 0.3) is 0 Å². The van der Waals surface area contributed by atoms with Gasteiger partial charge in [-0.3, -0.25) is 0 Å². The fourth-order valence-electron chi connectivity index (χ4n) is 1.77. The molecule has 0 aliphatic heterocycles. The first-order chi connectivity index (χ1) is 8.43. The van der Waals surface area contributed by atoms with E-state index in [4.69, 9.17) is 0 Å². The van der Waals surface area contributed by atoms with Gasteiger partial charge in [0.2, 0.25) is 0 Å². The minimum atomic E-state index is -0.567. The molecule has 0 unspecified atom stereocenters.